The number of rotatable bonds is 2. The van der Waals surface area contributed by atoms with Crippen LogP contribution in [0.15, 0.2) is 23.1 Å². The fraction of sp³-hybridized carbons (Fsp3) is 0.125. The minimum atomic E-state index is -3.68. The predicted molar refractivity (Wildman–Crippen MR) is 43.8 cm³/mol. The van der Waals surface area contributed by atoms with Crippen molar-refractivity contribution < 1.29 is 22.7 Å². The topological polar surface area (TPSA) is 74.3 Å². The average Bonchev–Trinajstić information content (AvgIpc) is 2.01. The highest BCUT2D eigenvalue weighted by molar-refractivity contribution is 7.90. The van der Waals surface area contributed by atoms with Crippen molar-refractivity contribution >= 4 is 15.8 Å². The van der Waals surface area contributed by atoms with Crippen molar-refractivity contribution in [3.63, 3.8) is 0 Å². The number of carboxylic acid groups (broad SMARTS) is 1. The Balaban J connectivity index is 3.53. The van der Waals surface area contributed by atoms with E-state index in [0.717, 1.165) is 18.4 Å². The maximum absolute atomic E-state index is 12.6. The van der Waals surface area contributed by atoms with Crippen LogP contribution in [0.4, 0.5) is 4.39 Å². The quantitative estimate of drug-likeness (QED) is 0.631. The third kappa shape index (κ3) is 2.08. The van der Waals surface area contributed by atoms with Crippen LogP contribution >= 0.6 is 0 Å². The van der Waals surface area contributed by atoms with Gasteiger partial charge in [0, 0.05) is 11.8 Å². The number of aromatic carboxylic acids is 1. The van der Waals surface area contributed by atoms with Crippen molar-refractivity contribution in [1.82, 2.24) is 0 Å². The number of sulfone groups is 1. The lowest BCUT2D eigenvalue weighted by Gasteiger charge is -2.08. The first-order valence-corrected chi connectivity index (χ1v) is 5.42. The molecule has 0 spiro atoms. The van der Waals surface area contributed by atoms with Crippen LogP contribution in [-0.4, -0.2) is 20.6 Å². The largest absolute Gasteiger partial charge is 0.545 e. The van der Waals surface area contributed by atoms with Crippen LogP contribution < -0.4 is 5.11 Å². The number of carbonyl (C=O) groups excluding carboxylic acids is 1. The van der Waals surface area contributed by atoms with Gasteiger partial charge in [0.2, 0.25) is 0 Å². The first-order valence-electron chi connectivity index (χ1n) is 3.53. The lowest BCUT2D eigenvalue weighted by Crippen LogP contribution is -2.24. The predicted octanol–water partition coefficient (Wildman–Crippen LogP) is -0.407. The summed E-state index contributed by atoms with van der Waals surface area (Å²) in [5.41, 5.74) is -0.660. The molecular formula is C8H6FO4S-. The second-order valence-corrected chi connectivity index (χ2v) is 4.68. The summed E-state index contributed by atoms with van der Waals surface area (Å²) in [7, 11) is -3.68. The van der Waals surface area contributed by atoms with Gasteiger partial charge in [-0.3, -0.25) is 0 Å². The maximum atomic E-state index is 12.6. The van der Waals surface area contributed by atoms with E-state index in [-0.39, 0.29) is 0 Å². The van der Waals surface area contributed by atoms with Crippen molar-refractivity contribution in [2.24, 2.45) is 0 Å². The van der Waals surface area contributed by atoms with Crippen LogP contribution in [0.25, 0.3) is 0 Å². The van der Waals surface area contributed by atoms with E-state index < -0.39 is 32.1 Å². The van der Waals surface area contributed by atoms with Crippen molar-refractivity contribution in [2.45, 2.75) is 4.90 Å². The smallest absolute Gasteiger partial charge is 0.176 e. The van der Waals surface area contributed by atoms with Crippen LogP contribution in [-0.2, 0) is 9.84 Å². The average molecular weight is 217 g/mol. The summed E-state index contributed by atoms with van der Waals surface area (Å²) in [5.74, 6) is -2.54. The van der Waals surface area contributed by atoms with Crippen LogP contribution in [0.1, 0.15) is 10.4 Å². The van der Waals surface area contributed by atoms with Crippen LogP contribution in [0.5, 0.6) is 0 Å². The van der Waals surface area contributed by atoms with E-state index in [1.807, 2.05) is 0 Å². The SMILES string of the molecule is CS(=O)(=O)c1ccc(F)cc1C(=O)[O-]. The standard InChI is InChI=1S/C8H7FO4S/c1-14(12,13)7-3-2-5(9)4-6(7)8(10)11/h2-4H,1H3,(H,10,11)/p-1. The number of benzene rings is 1. The van der Waals surface area contributed by atoms with Gasteiger partial charge in [0.1, 0.15) is 5.82 Å². The normalized spacial score (nSPS) is 11.3. The Hall–Kier alpha value is -1.43. The molecule has 0 fully saturated rings. The van der Waals surface area contributed by atoms with Crippen LogP contribution in [0, 0.1) is 5.82 Å². The molecule has 0 unspecified atom stereocenters. The highest BCUT2D eigenvalue weighted by Gasteiger charge is 2.14. The highest BCUT2D eigenvalue weighted by atomic mass is 32.2. The van der Waals surface area contributed by atoms with Crippen LogP contribution in [0.2, 0.25) is 0 Å². The molecule has 76 valence electrons. The van der Waals surface area contributed by atoms with E-state index in [1.165, 1.54) is 0 Å². The Kier molecular flexibility index (Phi) is 2.57. The molecule has 1 aromatic carbocycles. The summed E-state index contributed by atoms with van der Waals surface area (Å²) >= 11 is 0. The third-order valence-corrected chi connectivity index (χ3v) is 2.72. The molecule has 0 heterocycles. The number of hydrogen-bond donors (Lipinski definition) is 0. The molecule has 1 rings (SSSR count). The zero-order valence-corrected chi connectivity index (χ0v) is 7.97. The van der Waals surface area contributed by atoms with Crippen molar-refractivity contribution in [1.29, 1.82) is 0 Å². The number of carboxylic acids is 1. The zero-order valence-electron chi connectivity index (χ0n) is 7.15. The van der Waals surface area contributed by atoms with E-state index >= 15 is 0 Å². The van der Waals surface area contributed by atoms with Gasteiger partial charge in [-0.2, -0.15) is 0 Å². The third-order valence-electron chi connectivity index (χ3n) is 1.56. The Bertz CT molecular complexity index is 478. The lowest BCUT2D eigenvalue weighted by atomic mass is 10.2. The number of carbonyl (C=O) groups is 1. The van der Waals surface area contributed by atoms with Gasteiger partial charge in [0.05, 0.1) is 10.9 Å². The van der Waals surface area contributed by atoms with Gasteiger partial charge < -0.3 is 9.90 Å². The minimum Gasteiger partial charge on any atom is -0.545 e. The molecule has 0 atom stereocenters. The van der Waals surface area contributed by atoms with Gasteiger partial charge in [-0.05, 0) is 18.2 Å². The molecule has 14 heavy (non-hydrogen) atoms. The molecule has 0 N–H and O–H groups in total. The first kappa shape index (κ1) is 10.6. The molecule has 0 aliphatic carbocycles. The maximum Gasteiger partial charge on any atom is 0.176 e. The Morgan fingerprint density at radius 3 is 2.43 bits per heavy atom. The summed E-state index contributed by atoms with van der Waals surface area (Å²) < 4.78 is 34.7. The lowest BCUT2D eigenvalue weighted by molar-refractivity contribution is -0.255. The van der Waals surface area contributed by atoms with E-state index in [9.17, 15) is 22.7 Å². The highest BCUT2D eigenvalue weighted by Crippen LogP contribution is 2.16. The Morgan fingerprint density at radius 2 is 2.00 bits per heavy atom. The zero-order chi connectivity index (χ0) is 10.9. The summed E-state index contributed by atoms with van der Waals surface area (Å²) in [4.78, 5) is 10.0. The van der Waals surface area contributed by atoms with Crippen LogP contribution in [0.3, 0.4) is 0 Å². The van der Waals surface area contributed by atoms with Crippen molar-refractivity contribution in [3.8, 4) is 0 Å². The molecule has 0 saturated carbocycles. The molecule has 1 aromatic rings. The summed E-state index contributed by atoms with van der Waals surface area (Å²) in [5, 5.41) is 10.5. The Morgan fingerprint density at radius 1 is 1.43 bits per heavy atom. The van der Waals surface area contributed by atoms with E-state index in [4.69, 9.17) is 0 Å². The van der Waals surface area contributed by atoms with Gasteiger partial charge in [0.15, 0.2) is 9.84 Å². The molecule has 0 radical (unpaired) electrons. The monoisotopic (exact) mass is 217 g/mol. The van der Waals surface area contributed by atoms with Gasteiger partial charge in [0.25, 0.3) is 0 Å². The Labute approximate surface area is 79.9 Å². The summed E-state index contributed by atoms with van der Waals surface area (Å²) in [6, 6.07) is 2.39. The summed E-state index contributed by atoms with van der Waals surface area (Å²) in [6.45, 7) is 0. The van der Waals surface area contributed by atoms with Gasteiger partial charge in [-0.1, -0.05) is 0 Å². The summed E-state index contributed by atoms with van der Waals surface area (Å²) in [6.07, 6.45) is 0.840. The van der Waals surface area contributed by atoms with Gasteiger partial charge >= 0.3 is 0 Å². The number of halogens is 1. The van der Waals surface area contributed by atoms with E-state index in [1.54, 1.807) is 0 Å². The molecule has 4 nitrogen and oxygen atoms in total. The molecule has 6 heteroatoms. The van der Waals surface area contributed by atoms with Gasteiger partial charge in [-0.15, -0.1) is 0 Å². The molecule has 0 saturated heterocycles. The van der Waals surface area contributed by atoms with Crippen molar-refractivity contribution in [2.75, 3.05) is 6.26 Å². The molecule has 0 aromatic heterocycles. The molecule has 0 aliphatic rings. The molecule has 0 bridgehead atoms. The van der Waals surface area contributed by atoms with Gasteiger partial charge in [-0.25, -0.2) is 12.8 Å². The molecule has 0 amide bonds. The molecular weight excluding hydrogens is 211 g/mol. The molecule has 0 aliphatic heterocycles. The van der Waals surface area contributed by atoms with E-state index in [2.05, 4.69) is 0 Å². The second-order valence-electron chi connectivity index (χ2n) is 2.70. The fourth-order valence-electron chi connectivity index (χ4n) is 0.985. The number of hydrogen-bond acceptors (Lipinski definition) is 4. The second kappa shape index (κ2) is 3.38. The van der Waals surface area contributed by atoms with E-state index in [0.29, 0.717) is 6.07 Å². The first-order chi connectivity index (χ1) is 6.32. The fourth-order valence-corrected chi connectivity index (χ4v) is 1.84. The minimum absolute atomic E-state index is 0.445. The van der Waals surface area contributed by atoms with Crippen molar-refractivity contribution in [3.05, 3.63) is 29.6 Å².